The predicted molar refractivity (Wildman–Crippen MR) is 169 cm³/mol. The van der Waals surface area contributed by atoms with Crippen molar-refractivity contribution in [2.24, 2.45) is 11.5 Å². The van der Waals surface area contributed by atoms with Crippen LogP contribution in [0.5, 0.6) is 5.75 Å². The molecule has 0 fully saturated rings. The average molecular weight is 629 g/mol. The second-order valence-electron chi connectivity index (χ2n) is 10.9. The van der Waals surface area contributed by atoms with Crippen LogP contribution in [0.2, 0.25) is 0 Å². The van der Waals surface area contributed by atoms with Crippen molar-refractivity contribution in [3.63, 3.8) is 0 Å². The number of aromatic nitrogens is 1. The first kappa shape index (κ1) is 33.2. The standard InChI is InChI=1S/C33H36N6O7/c34-24(16-21-18-36-25-9-5-4-8-23(21)25)30(42)37-26(15-20-10-12-22(40)13-11-20)31(43)38-27(14-19-6-2-1-3-7-19)32(44)39-28(33(45)46)17-29(35)41/h1-13,18,24,26-28,36,40H,14-17,34H2,(H2,35,41)(H,37,42)(H,38,43)(H,39,44)(H,45,46). The van der Waals surface area contributed by atoms with E-state index in [0.717, 1.165) is 16.5 Å². The summed E-state index contributed by atoms with van der Waals surface area (Å²) in [6.07, 6.45) is 1.26. The minimum atomic E-state index is -1.62. The summed E-state index contributed by atoms with van der Waals surface area (Å²) in [7, 11) is 0. The predicted octanol–water partition coefficient (Wildman–Crippen LogP) is 0.643. The summed E-state index contributed by atoms with van der Waals surface area (Å²) in [6, 6.07) is 17.2. The molecule has 0 saturated heterocycles. The van der Waals surface area contributed by atoms with Gasteiger partial charge in [0, 0.05) is 29.9 Å². The molecule has 4 unspecified atom stereocenters. The number of aromatic hydroxyl groups is 1. The number of hydrogen-bond donors (Lipinski definition) is 8. The molecule has 4 rings (SSSR count). The molecule has 13 heteroatoms. The van der Waals surface area contributed by atoms with Gasteiger partial charge in [0.2, 0.25) is 23.6 Å². The summed E-state index contributed by atoms with van der Waals surface area (Å²) in [5.41, 5.74) is 14.4. The topological polar surface area (TPSA) is 230 Å². The summed E-state index contributed by atoms with van der Waals surface area (Å²) < 4.78 is 0. The van der Waals surface area contributed by atoms with Crippen LogP contribution in [0.15, 0.2) is 85.1 Å². The first-order chi connectivity index (χ1) is 22.0. The first-order valence-corrected chi connectivity index (χ1v) is 14.5. The number of carboxylic acids is 1. The quantitative estimate of drug-likeness (QED) is 0.0929. The van der Waals surface area contributed by atoms with Gasteiger partial charge in [-0.1, -0.05) is 60.7 Å². The molecule has 0 spiro atoms. The Bertz CT molecular complexity index is 1690. The Morgan fingerprint density at radius 3 is 1.85 bits per heavy atom. The van der Waals surface area contributed by atoms with E-state index in [0.29, 0.717) is 11.1 Å². The lowest BCUT2D eigenvalue weighted by molar-refractivity contribution is -0.143. The monoisotopic (exact) mass is 628 g/mol. The minimum Gasteiger partial charge on any atom is -0.508 e. The molecule has 0 saturated carbocycles. The largest absolute Gasteiger partial charge is 0.508 e. The molecule has 0 aliphatic carbocycles. The van der Waals surface area contributed by atoms with Gasteiger partial charge in [-0.2, -0.15) is 0 Å². The molecule has 1 heterocycles. The van der Waals surface area contributed by atoms with Crippen LogP contribution in [-0.2, 0) is 43.2 Å². The molecule has 0 radical (unpaired) electrons. The van der Waals surface area contributed by atoms with Crippen molar-refractivity contribution in [1.82, 2.24) is 20.9 Å². The van der Waals surface area contributed by atoms with Crippen molar-refractivity contribution in [3.8, 4) is 5.75 Å². The lowest BCUT2D eigenvalue weighted by atomic mass is 10.0. The number of carbonyl (C=O) groups excluding carboxylic acids is 4. The zero-order valence-electron chi connectivity index (χ0n) is 24.8. The second kappa shape index (κ2) is 15.3. The molecule has 0 aliphatic rings. The Morgan fingerprint density at radius 1 is 0.696 bits per heavy atom. The third-order valence-corrected chi connectivity index (χ3v) is 7.40. The number of para-hydroxylation sites is 1. The highest BCUT2D eigenvalue weighted by Gasteiger charge is 2.31. The van der Waals surface area contributed by atoms with Gasteiger partial charge in [-0.3, -0.25) is 19.2 Å². The smallest absolute Gasteiger partial charge is 0.326 e. The van der Waals surface area contributed by atoms with Crippen LogP contribution in [-0.4, -0.2) is 69.0 Å². The molecule has 0 bridgehead atoms. The van der Waals surface area contributed by atoms with E-state index in [1.165, 1.54) is 12.1 Å². The van der Waals surface area contributed by atoms with Crippen LogP contribution in [0, 0.1) is 0 Å². The van der Waals surface area contributed by atoms with E-state index in [9.17, 15) is 34.2 Å². The molecule has 1 aromatic heterocycles. The molecule has 4 aromatic rings. The zero-order chi connectivity index (χ0) is 33.2. The zero-order valence-corrected chi connectivity index (χ0v) is 24.8. The maximum Gasteiger partial charge on any atom is 0.326 e. The number of primary amides is 1. The first-order valence-electron chi connectivity index (χ1n) is 14.5. The van der Waals surface area contributed by atoms with E-state index >= 15 is 0 Å². The summed E-state index contributed by atoms with van der Waals surface area (Å²) in [4.78, 5) is 66.7. The maximum absolute atomic E-state index is 13.8. The fourth-order valence-electron chi connectivity index (χ4n) is 4.99. The molecular formula is C33H36N6O7. The number of amides is 4. The Kier molecular flexibility index (Phi) is 11.1. The second-order valence-corrected chi connectivity index (χ2v) is 10.9. The van der Waals surface area contributed by atoms with Crippen LogP contribution < -0.4 is 27.4 Å². The number of hydrogen-bond acceptors (Lipinski definition) is 7. The van der Waals surface area contributed by atoms with Crippen molar-refractivity contribution in [2.75, 3.05) is 0 Å². The van der Waals surface area contributed by atoms with Gasteiger partial charge in [0.1, 0.15) is 23.9 Å². The Balaban J connectivity index is 1.55. The van der Waals surface area contributed by atoms with Crippen LogP contribution in [0.25, 0.3) is 10.9 Å². The number of carboxylic acid groups (broad SMARTS) is 1. The molecule has 240 valence electrons. The van der Waals surface area contributed by atoms with Gasteiger partial charge in [-0.25, -0.2) is 4.79 Å². The fourth-order valence-corrected chi connectivity index (χ4v) is 4.99. The number of rotatable bonds is 15. The molecule has 4 amide bonds. The highest BCUT2D eigenvalue weighted by molar-refractivity contribution is 5.95. The summed E-state index contributed by atoms with van der Waals surface area (Å²) in [6.45, 7) is 0. The number of phenolic OH excluding ortho intramolecular Hbond substituents is 1. The van der Waals surface area contributed by atoms with Gasteiger partial charge in [-0.05, 0) is 41.3 Å². The lowest BCUT2D eigenvalue weighted by Crippen LogP contribution is -2.58. The average Bonchev–Trinajstić information content (AvgIpc) is 3.43. The van der Waals surface area contributed by atoms with Gasteiger partial charge in [0.15, 0.2) is 0 Å². The van der Waals surface area contributed by atoms with Crippen molar-refractivity contribution < 1.29 is 34.2 Å². The fraction of sp³-hybridized carbons (Fsp3) is 0.242. The summed E-state index contributed by atoms with van der Waals surface area (Å²) in [5.74, 6) is -4.61. The van der Waals surface area contributed by atoms with Gasteiger partial charge in [-0.15, -0.1) is 0 Å². The number of benzene rings is 3. The molecule has 4 atom stereocenters. The third-order valence-electron chi connectivity index (χ3n) is 7.40. The normalized spacial score (nSPS) is 13.6. The third kappa shape index (κ3) is 9.16. The van der Waals surface area contributed by atoms with Crippen molar-refractivity contribution in [2.45, 2.75) is 49.9 Å². The van der Waals surface area contributed by atoms with Crippen molar-refractivity contribution in [1.29, 1.82) is 0 Å². The summed E-state index contributed by atoms with van der Waals surface area (Å²) >= 11 is 0. The van der Waals surface area contributed by atoms with E-state index in [-0.39, 0.29) is 25.0 Å². The van der Waals surface area contributed by atoms with Crippen molar-refractivity contribution >= 4 is 40.5 Å². The molecular weight excluding hydrogens is 592 g/mol. The molecule has 46 heavy (non-hydrogen) atoms. The SMILES string of the molecule is NC(=O)CC(NC(=O)C(Cc1ccccc1)NC(=O)C(Cc1ccc(O)cc1)NC(=O)C(N)Cc1c[nH]c2ccccc12)C(=O)O. The number of nitrogens with one attached hydrogen (secondary N) is 4. The van der Waals surface area contributed by atoms with E-state index in [4.69, 9.17) is 11.5 Å². The molecule has 10 N–H and O–H groups in total. The van der Waals surface area contributed by atoms with E-state index in [1.54, 1.807) is 48.7 Å². The van der Waals surface area contributed by atoms with Crippen LogP contribution in [0.4, 0.5) is 0 Å². The van der Waals surface area contributed by atoms with Gasteiger partial charge in [0.25, 0.3) is 0 Å². The van der Waals surface area contributed by atoms with E-state index in [2.05, 4.69) is 20.9 Å². The number of H-pyrrole nitrogens is 1. The Labute approximate surface area is 264 Å². The minimum absolute atomic E-state index is 0.0121. The number of phenols is 1. The van der Waals surface area contributed by atoms with Gasteiger partial charge in [0.05, 0.1) is 12.5 Å². The molecule has 3 aromatic carbocycles. The van der Waals surface area contributed by atoms with Gasteiger partial charge >= 0.3 is 5.97 Å². The maximum atomic E-state index is 13.8. The molecule has 13 nitrogen and oxygen atoms in total. The Morgan fingerprint density at radius 2 is 1.24 bits per heavy atom. The number of aromatic amines is 1. The highest BCUT2D eigenvalue weighted by atomic mass is 16.4. The van der Waals surface area contributed by atoms with E-state index in [1.807, 2.05) is 24.3 Å². The lowest BCUT2D eigenvalue weighted by Gasteiger charge is -2.25. The Hall–Kier alpha value is -5.69. The number of nitrogens with two attached hydrogens (primary N) is 2. The summed E-state index contributed by atoms with van der Waals surface area (Å²) in [5, 5.41) is 27.8. The van der Waals surface area contributed by atoms with Crippen LogP contribution in [0.1, 0.15) is 23.1 Å². The molecule has 0 aliphatic heterocycles. The number of fused-ring (bicyclic) bond motifs is 1. The number of carbonyl (C=O) groups is 5. The highest BCUT2D eigenvalue weighted by Crippen LogP contribution is 2.19. The van der Waals surface area contributed by atoms with Crippen LogP contribution >= 0.6 is 0 Å². The van der Waals surface area contributed by atoms with E-state index < -0.39 is 60.2 Å². The van der Waals surface area contributed by atoms with Crippen molar-refractivity contribution in [3.05, 3.63) is 102 Å². The van der Waals surface area contributed by atoms with Crippen LogP contribution in [0.3, 0.4) is 0 Å². The van der Waals surface area contributed by atoms with Gasteiger partial charge < -0.3 is 42.6 Å². The number of aliphatic carboxylic acids is 1.